The summed E-state index contributed by atoms with van der Waals surface area (Å²) in [5, 5.41) is 13.3. The summed E-state index contributed by atoms with van der Waals surface area (Å²) in [6.45, 7) is 2.12. The molecule has 31 heavy (non-hydrogen) atoms. The SMILES string of the molecule is CCc1ccc(-c2nc(SCC(=O)NC(=O)NC34CC5CC(CC(C5)C3)C4)n[nH]2)cc1. The Labute approximate surface area is 186 Å². The number of aryl methyl sites for hydroxylation is 1. The highest BCUT2D eigenvalue weighted by atomic mass is 32.2. The molecule has 0 spiro atoms. The molecule has 8 heteroatoms. The first kappa shape index (κ1) is 20.5. The lowest BCUT2D eigenvalue weighted by Gasteiger charge is -2.56. The Morgan fingerprint density at radius 2 is 1.74 bits per heavy atom. The van der Waals surface area contributed by atoms with Crippen LogP contribution in [0.3, 0.4) is 0 Å². The fraction of sp³-hybridized carbons (Fsp3) is 0.565. The maximum atomic E-state index is 12.5. The van der Waals surface area contributed by atoms with E-state index in [0.717, 1.165) is 49.0 Å². The van der Waals surface area contributed by atoms with Gasteiger partial charge >= 0.3 is 6.03 Å². The number of hydrogen-bond donors (Lipinski definition) is 3. The van der Waals surface area contributed by atoms with Gasteiger partial charge < -0.3 is 5.32 Å². The monoisotopic (exact) mass is 439 g/mol. The van der Waals surface area contributed by atoms with Crippen LogP contribution in [0, 0.1) is 17.8 Å². The van der Waals surface area contributed by atoms with Gasteiger partial charge in [-0.1, -0.05) is 43.0 Å². The molecule has 1 heterocycles. The molecule has 4 fully saturated rings. The van der Waals surface area contributed by atoms with Gasteiger partial charge in [0, 0.05) is 11.1 Å². The van der Waals surface area contributed by atoms with E-state index in [1.54, 1.807) is 0 Å². The van der Waals surface area contributed by atoms with Gasteiger partial charge in [0.05, 0.1) is 5.75 Å². The minimum absolute atomic E-state index is 0.0976. The van der Waals surface area contributed by atoms with Gasteiger partial charge in [-0.25, -0.2) is 9.78 Å². The van der Waals surface area contributed by atoms with Crippen LogP contribution in [0.25, 0.3) is 11.4 Å². The Hall–Kier alpha value is -2.35. The molecule has 1 aromatic heterocycles. The van der Waals surface area contributed by atoms with Gasteiger partial charge in [0.15, 0.2) is 5.82 Å². The number of aromatic amines is 1. The molecule has 4 aliphatic carbocycles. The number of nitrogens with one attached hydrogen (secondary N) is 3. The number of amides is 3. The molecule has 6 rings (SSSR count). The van der Waals surface area contributed by atoms with Gasteiger partial charge in [-0.15, -0.1) is 5.10 Å². The largest absolute Gasteiger partial charge is 0.332 e. The van der Waals surface area contributed by atoms with Gasteiger partial charge in [-0.3, -0.25) is 15.2 Å². The number of rotatable bonds is 6. The maximum absolute atomic E-state index is 12.5. The molecule has 7 nitrogen and oxygen atoms in total. The lowest BCUT2D eigenvalue weighted by Crippen LogP contribution is -2.61. The van der Waals surface area contributed by atoms with Crippen LogP contribution in [0.2, 0.25) is 0 Å². The Bertz CT molecular complexity index is 935. The smallest absolute Gasteiger partial charge is 0.321 e. The number of H-pyrrole nitrogens is 1. The van der Waals surface area contributed by atoms with Crippen LogP contribution in [0.4, 0.5) is 4.79 Å². The highest BCUT2D eigenvalue weighted by Crippen LogP contribution is 2.55. The van der Waals surface area contributed by atoms with E-state index in [0.29, 0.717) is 11.0 Å². The van der Waals surface area contributed by atoms with E-state index in [9.17, 15) is 9.59 Å². The fourth-order valence-corrected chi connectivity index (χ4v) is 6.77. The van der Waals surface area contributed by atoms with Crippen LogP contribution in [-0.4, -0.2) is 38.4 Å². The molecule has 0 atom stereocenters. The fourth-order valence-electron chi connectivity index (χ4n) is 6.17. The minimum Gasteiger partial charge on any atom is -0.332 e. The number of hydrogen-bond acceptors (Lipinski definition) is 5. The average Bonchev–Trinajstić information content (AvgIpc) is 3.20. The normalized spacial score (nSPS) is 28.5. The molecule has 3 N–H and O–H groups in total. The van der Waals surface area contributed by atoms with Crippen molar-refractivity contribution in [1.82, 2.24) is 25.8 Å². The second-order valence-corrected chi connectivity index (χ2v) is 10.4. The molecule has 4 saturated carbocycles. The summed E-state index contributed by atoms with van der Waals surface area (Å²) >= 11 is 1.22. The van der Waals surface area contributed by atoms with Crippen molar-refractivity contribution in [3.63, 3.8) is 0 Å². The number of carbonyl (C=O) groups is 2. The summed E-state index contributed by atoms with van der Waals surface area (Å²) in [7, 11) is 0. The third-order valence-corrected chi connectivity index (χ3v) is 7.95. The summed E-state index contributed by atoms with van der Waals surface area (Å²) in [5.74, 6) is 2.68. The number of imide groups is 1. The van der Waals surface area contributed by atoms with Crippen molar-refractivity contribution >= 4 is 23.7 Å². The van der Waals surface area contributed by atoms with Crippen LogP contribution < -0.4 is 10.6 Å². The third-order valence-electron chi connectivity index (χ3n) is 7.10. The predicted octanol–water partition coefficient (Wildman–Crippen LogP) is 3.92. The number of thioether (sulfide) groups is 1. The molecule has 1 aromatic carbocycles. The van der Waals surface area contributed by atoms with Crippen LogP contribution in [0.5, 0.6) is 0 Å². The van der Waals surface area contributed by atoms with E-state index < -0.39 is 0 Å². The first-order valence-corrected chi connectivity index (χ1v) is 12.3. The van der Waals surface area contributed by atoms with Crippen molar-refractivity contribution in [2.75, 3.05) is 5.75 Å². The Morgan fingerprint density at radius 1 is 1.10 bits per heavy atom. The van der Waals surface area contributed by atoms with E-state index in [4.69, 9.17) is 0 Å². The third kappa shape index (κ3) is 4.49. The lowest BCUT2D eigenvalue weighted by molar-refractivity contribution is -0.117. The Balaban J connectivity index is 1.11. The number of urea groups is 1. The summed E-state index contributed by atoms with van der Waals surface area (Å²) < 4.78 is 0. The second-order valence-electron chi connectivity index (χ2n) is 9.51. The zero-order valence-corrected chi connectivity index (χ0v) is 18.6. The van der Waals surface area contributed by atoms with E-state index in [1.165, 1.54) is 36.6 Å². The predicted molar refractivity (Wildman–Crippen MR) is 119 cm³/mol. The molecule has 0 radical (unpaired) electrons. The van der Waals surface area contributed by atoms with Crippen LogP contribution in [-0.2, 0) is 11.2 Å². The maximum Gasteiger partial charge on any atom is 0.321 e. The quantitative estimate of drug-likeness (QED) is 0.593. The summed E-state index contributed by atoms with van der Waals surface area (Å²) in [6.07, 6.45) is 8.14. The first-order valence-electron chi connectivity index (χ1n) is 11.3. The van der Waals surface area contributed by atoms with Crippen molar-refractivity contribution < 1.29 is 9.59 Å². The summed E-state index contributed by atoms with van der Waals surface area (Å²) in [6, 6.07) is 7.80. The molecule has 4 bridgehead atoms. The molecule has 164 valence electrons. The van der Waals surface area contributed by atoms with E-state index >= 15 is 0 Å². The zero-order chi connectivity index (χ0) is 21.4. The van der Waals surface area contributed by atoms with E-state index in [2.05, 4.69) is 44.9 Å². The highest BCUT2D eigenvalue weighted by molar-refractivity contribution is 7.99. The van der Waals surface area contributed by atoms with Crippen molar-refractivity contribution in [2.24, 2.45) is 17.8 Å². The first-order chi connectivity index (χ1) is 15.0. The lowest BCUT2D eigenvalue weighted by atomic mass is 9.53. The molecule has 0 aliphatic heterocycles. The average molecular weight is 440 g/mol. The Kier molecular flexibility index (Phi) is 5.50. The van der Waals surface area contributed by atoms with E-state index in [1.807, 2.05) is 12.1 Å². The topological polar surface area (TPSA) is 99.8 Å². The van der Waals surface area contributed by atoms with Crippen LogP contribution >= 0.6 is 11.8 Å². The summed E-state index contributed by atoms with van der Waals surface area (Å²) in [5.41, 5.74) is 2.12. The van der Waals surface area contributed by atoms with Crippen LogP contribution in [0.1, 0.15) is 51.0 Å². The highest BCUT2D eigenvalue weighted by Gasteiger charge is 2.51. The van der Waals surface area contributed by atoms with Gasteiger partial charge in [0.2, 0.25) is 11.1 Å². The van der Waals surface area contributed by atoms with Crippen molar-refractivity contribution in [3.8, 4) is 11.4 Å². The number of benzene rings is 1. The molecule has 3 amide bonds. The van der Waals surface area contributed by atoms with Gasteiger partial charge in [0.25, 0.3) is 0 Å². The molecule has 0 unspecified atom stereocenters. The molecular weight excluding hydrogens is 410 g/mol. The van der Waals surface area contributed by atoms with Gasteiger partial charge in [0.1, 0.15) is 0 Å². The second kappa shape index (κ2) is 8.30. The number of carbonyl (C=O) groups excluding carboxylic acids is 2. The molecular formula is C23H29N5O2S. The Morgan fingerprint density at radius 3 is 2.35 bits per heavy atom. The number of aromatic nitrogens is 3. The van der Waals surface area contributed by atoms with Crippen molar-refractivity contribution in [2.45, 2.75) is 62.6 Å². The molecule has 2 aromatic rings. The van der Waals surface area contributed by atoms with Gasteiger partial charge in [-0.2, -0.15) is 0 Å². The standard InChI is InChI=1S/C23H29N5O2S/c1-2-14-3-5-18(6-4-14)20-25-22(28-27-20)31-13-19(29)24-21(30)26-23-10-15-7-16(11-23)9-17(8-15)12-23/h3-6,15-17H,2,7-13H2,1H3,(H,25,27,28)(H2,24,26,29,30). The van der Waals surface area contributed by atoms with Crippen molar-refractivity contribution in [3.05, 3.63) is 29.8 Å². The minimum atomic E-state index is -0.362. The van der Waals surface area contributed by atoms with E-state index in [-0.39, 0.29) is 23.2 Å². The summed E-state index contributed by atoms with van der Waals surface area (Å²) in [4.78, 5) is 29.3. The zero-order valence-electron chi connectivity index (χ0n) is 17.8. The molecule has 0 saturated heterocycles. The van der Waals surface area contributed by atoms with Crippen molar-refractivity contribution in [1.29, 1.82) is 0 Å². The van der Waals surface area contributed by atoms with Crippen LogP contribution in [0.15, 0.2) is 29.4 Å². The molecule has 4 aliphatic rings. The number of nitrogens with zero attached hydrogens (tertiary/aromatic N) is 2. The van der Waals surface area contributed by atoms with Gasteiger partial charge in [-0.05, 0) is 68.3 Å².